The zero-order valence-electron chi connectivity index (χ0n) is 11.7. The van der Waals surface area contributed by atoms with Crippen molar-refractivity contribution in [2.24, 2.45) is 0 Å². The van der Waals surface area contributed by atoms with Crippen LogP contribution in [0.15, 0.2) is 0 Å². The smallest absolute Gasteiger partial charge is 0.216 e. The highest BCUT2D eigenvalue weighted by atomic mass is 32.2. The minimum absolute atomic E-state index is 0.00501. The highest BCUT2D eigenvalue weighted by molar-refractivity contribution is 7.89. The van der Waals surface area contributed by atoms with Crippen LogP contribution in [0, 0.1) is 0 Å². The van der Waals surface area contributed by atoms with E-state index in [1.165, 1.54) is 4.31 Å². The molecule has 19 heavy (non-hydrogen) atoms. The standard InChI is InChI=1S/C12H25NO5S/c1-11(2)17-9-10-19(15,16)13-5-3-12(4-6-13)18-8-7-14/h11-12,14H,3-10H2,1-2H3. The summed E-state index contributed by atoms with van der Waals surface area (Å²) in [6.45, 7) is 5.30. The van der Waals surface area contributed by atoms with Gasteiger partial charge in [-0.25, -0.2) is 12.7 Å². The first kappa shape index (κ1) is 16.8. The Morgan fingerprint density at radius 3 is 2.42 bits per heavy atom. The zero-order valence-corrected chi connectivity index (χ0v) is 12.6. The topological polar surface area (TPSA) is 76.1 Å². The van der Waals surface area contributed by atoms with Crippen LogP contribution in [0.3, 0.4) is 0 Å². The molecule has 1 heterocycles. The number of ether oxygens (including phenoxy) is 2. The number of nitrogens with zero attached hydrogens (tertiary/aromatic N) is 1. The van der Waals surface area contributed by atoms with Crippen molar-refractivity contribution in [2.45, 2.75) is 38.9 Å². The van der Waals surface area contributed by atoms with Gasteiger partial charge in [0.2, 0.25) is 10.0 Å². The van der Waals surface area contributed by atoms with E-state index in [0.717, 1.165) is 0 Å². The van der Waals surface area contributed by atoms with Crippen molar-refractivity contribution < 1.29 is 23.0 Å². The molecule has 0 atom stereocenters. The molecule has 0 saturated carbocycles. The van der Waals surface area contributed by atoms with E-state index in [4.69, 9.17) is 14.6 Å². The van der Waals surface area contributed by atoms with Crippen LogP contribution < -0.4 is 0 Å². The number of aliphatic hydroxyl groups excluding tert-OH is 1. The van der Waals surface area contributed by atoms with Gasteiger partial charge in [-0.05, 0) is 26.7 Å². The summed E-state index contributed by atoms with van der Waals surface area (Å²) in [6.07, 6.45) is 1.48. The van der Waals surface area contributed by atoms with Gasteiger partial charge < -0.3 is 14.6 Å². The Hall–Kier alpha value is -0.210. The predicted molar refractivity (Wildman–Crippen MR) is 72.5 cm³/mol. The summed E-state index contributed by atoms with van der Waals surface area (Å²) in [7, 11) is -3.22. The van der Waals surface area contributed by atoms with Crippen LogP contribution in [0.2, 0.25) is 0 Å². The lowest BCUT2D eigenvalue weighted by molar-refractivity contribution is 0.00307. The maximum atomic E-state index is 12.1. The Morgan fingerprint density at radius 2 is 1.89 bits per heavy atom. The maximum Gasteiger partial charge on any atom is 0.216 e. The summed E-state index contributed by atoms with van der Waals surface area (Å²) >= 11 is 0. The quantitative estimate of drug-likeness (QED) is 0.693. The van der Waals surface area contributed by atoms with Crippen molar-refractivity contribution in [3.05, 3.63) is 0 Å². The molecular weight excluding hydrogens is 270 g/mol. The first-order chi connectivity index (χ1) is 8.95. The van der Waals surface area contributed by atoms with Crippen molar-refractivity contribution in [3.8, 4) is 0 Å². The van der Waals surface area contributed by atoms with Gasteiger partial charge in [0, 0.05) is 13.1 Å². The minimum atomic E-state index is -3.22. The van der Waals surface area contributed by atoms with E-state index in [-0.39, 0.29) is 31.2 Å². The molecule has 1 aliphatic heterocycles. The Morgan fingerprint density at radius 1 is 1.26 bits per heavy atom. The van der Waals surface area contributed by atoms with Crippen molar-refractivity contribution >= 4 is 10.0 Å². The first-order valence-corrected chi connectivity index (χ1v) is 8.38. The molecule has 1 aliphatic rings. The number of aliphatic hydroxyl groups is 1. The molecule has 0 amide bonds. The largest absolute Gasteiger partial charge is 0.394 e. The lowest BCUT2D eigenvalue weighted by atomic mass is 10.1. The van der Waals surface area contributed by atoms with Crippen molar-refractivity contribution in [3.63, 3.8) is 0 Å². The molecule has 7 heteroatoms. The fourth-order valence-corrected chi connectivity index (χ4v) is 3.35. The Balaban J connectivity index is 2.32. The lowest BCUT2D eigenvalue weighted by Gasteiger charge is -2.31. The molecule has 0 radical (unpaired) electrons. The molecule has 0 aromatic heterocycles. The van der Waals surface area contributed by atoms with Crippen LogP contribution in [0.1, 0.15) is 26.7 Å². The van der Waals surface area contributed by atoms with Gasteiger partial charge in [0.25, 0.3) is 0 Å². The highest BCUT2D eigenvalue weighted by Crippen LogP contribution is 2.17. The summed E-state index contributed by atoms with van der Waals surface area (Å²) in [5.74, 6) is 0.0351. The fourth-order valence-electron chi connectivity index (χ4n) is 2.01. The van der Waals surface area contributed by atoms with E-state index in [9.17, 15) is 8.42 Å². The third kappa shape index (κ3) is 6.18. The van der Waals surface area contributed by atoms with E-state index in [1.54, 1.807) is 0 Å². The van der Waals surface area contributed by atoms with Crippen LogP contribution in [0.5, 0.6) is 0 Å². The Labute approximate surface area is 115 Å². The van der Waals surface area contributed by atoms with Crippen LogP contribution in [-0.4, -0.2) is 68.7 Å². The van der Waals surface area contributed by atoms with Gasteiger partial charge in [-0.1, -0.05) is 0 Å². The van der Waals surface area contributed by atoms with Crippen LogP contribution in [0.4, 0.5) is 0 Å². The normalized spacial score (nSPS) is 19.2. The molecule has 6 nitrogen and oxygen atoms in total. The van der Waals surface area contributed by atoms with Crippen molar-refractivity contribution in [2.75, 3.05) is 38.7 Å². The Kier molecular flexibility index (Phi) is 7.23. The SMILES string of the molecule is CC(C)OCCS(=O)(=O)N1CCC(OCCO)CC1. The molecule has 0 aromatic rings. The van der Waals surface area contributed by atoms with Crippen molar-refractivity contribution in [1.82, 2.24) is 4.31 Å². The van der Waals surface area contributed by atoms with E-state index in [1.807, 2.05) is 13.8 Å². The van der Waals surface area contributed by atoms with E-state index < -0.39 is 10.0 Å². The van der Waals surface area contributed by atoms with Crippen LogP contribution in [-0.2, 0) is 19.5 Å². The summed E-state index contributed by atoms with van der Waals surface area (Å²) in [5.41, 5.74) is 0. The van der Waals surface area contributed by atoms with E-state index >= 15 is 0 Å². The molecule has 1 fully saturated rings. The average molecular weight is 295 g/mol. The highest BCUT2D eigenvalue weighted by Gasteiger charge is 2.28. The van der Waals surface area contributed by atoms with Crippen molar-refractivity contribution in [1.29, 1.82) is 0 Å². The summed E-state index contributed by atoms with van der Waals surface area (Å²) in [5, 5.41) is 8.67. The maximum absolute atomic E-state index is 12.1. The number of rotatable bonds is 8. The van der Waals surface area contributed by atoms with Crippen LogP contribution in [0.25, 0.3) is 0 Å². The predicted octanol–water partition coefficient (Wildman–Crippen LogP) is 0.215. The molecule has 0 spiro atoms. The monoisotopic (exact) mass is 295 g/mol. The van der Waals surface area contributed by atoms with Gasteiger partial charge in [0.05, 0.1) is 37.8 Å². The van der Waals surface area contributed by atoms with Gasteiger partial charge in [-0.15, -0.1) is 0 Å². The van der Waals surface area contributed by atoms with Gasteiger partial charge >= 0.3 is 0 Å². The third-order valence-corrected chi connectivity index (χ3v) is 4.87. The second kappa shape index (κ2) is 8.16. The van der Waals surface area contributed by atoms with E-state index in [0.29, 0.717) is 32.5 Å². The molecule has 114 valence electrons. The molecule has 1 rings (SSSR count). The van der Waals surface area contributed by atoms with Gasteiger partial charge in [-0.2, -0.15) is 0 Å². The first-order valence-electron chi connectivity index (χ1n) is 6.77. The second-order valence-electron chi connectivity index (χ2n) is 4.93. The zero-order chi connectivity index (χ0) is 14.3. The summed E-state index contributed by atoms with van der Waals surface area (Å²) in [4.78, 5) is 0. The molecular formula is C12H25NO5S. The lowest BCUT2D eigenvalue weighted by Crippen LogP contribution is -2.42. The minimum Gasteiger partial charge on any atom is -0.394 e. The molecule has 0 unspecified atom stereocenters. The third-order valence-electron chi connectivity index (χ3n) is 3.03. The summed E-state index contributed by atoms with van der Waals surface area (Å²) < 4.78 is 36.3. The summed E-state index contributed by atoms with van der Waals surface area (Å²) in [6, 6.07) is 0. The molecule has 1 N–H and O–H groups in total. The molecule has 0 aromatic carbocycles. The van der Waals surface area contributed by atoms with Crippen LogP contribution >= 0.6 is 0 Å². The number of piperidine rings is 1. The van der Waals surface area contributed by atoms with Gasteiger partial charge in [0.1, 0.15) is 0 Å². The van der Waals surface area contributed by atoms with Gasteiger partial charge in [0.15, 0.2) is 0 Å². The molecule has 1 saturated heterocycles. The average Bonchev–Trinajstić information content (AvgIpc) is 2.36. The Bertz CT molecular complexity index is 336. The van der Waals surface area contributed by atoms with Gasteiger partial charge in [-0.3, -0.25) is 0 Å². The molecule has 0 aliphatic carbocycles. The number of hydrogen-bond acceptors (Lipinski definition) is 5. The number of sulfonamides is 1. The number of hydrogen-bond donors (Lipinski definition) is 1. The molecule has 0 bridgehead atoms. The fraction of sp³-hybridized carbons (Fsp3) is 1.00. The van der Waals surface area contributed by atoms with E-state index in [2.05, 4.69) is 0 Å². The second-order valence-corrected chi connectivity index (χ2v) is 7.02.